The summed E-state index contributed by atoms with van der Waals surface area (Å²) in [6, 6.07) is 14.2. The molecular weight excluding hydrogens is 372 g/mol. The number of hydrogen-bond acceptors (Lipinski definition) is 6. The lowest BCUT2D eigenvalue weighted by molar-refractivity contribution is -0.111. The van der Waals surface area contributed by atoms with Crippen LogP contribution in [0.25, 0.3) is 28.6 Å². The molecule has 0 radical (unpaired) electrons. The molecule has 7 heteroatoms. The second-order valence-corrected chi connectivity index (χ2v) is 6.11. The molecule has 1 amide bonds. The molecule has 0 spiro atoms. The molecule has 2 aromatic heterocycles. The highest BCUT2D eigenvalue weighted by atomic mass is 16.5. The van der Waals surface area contributed by atoms with Crippen molar-refractivity contribution in [1.82, 2.24) is 4.98 Å². The number of nitrogens with one attached hydrogen (secondary N) is 1. The van der Waals surface area contributed by atoms with Crippen LogP contribution in [0.3, 0.4) is 0 Å². The Balaban J connectivity index is 1.55. The van der Waals surface area contributed by atoms with Crippen molar-refractivity contribution >= 4 is 28.8 Å². The third kappa shape index (κ3) is 3.98. The standard InChI is InChI=1S/C22H18N2O5/c1-26-19-8-5-14(12-20(19)27-2)22-24-17-13-15(6-9-18(17)29-22)23-21(25)10-7-16-4-3-11-28-16/h3-13H,1-2H3,(H,23,25). The number of fused-ring (bicyclic) bond motifs is 1. The Morgan fingerprint density at radius 3 is 2.69 bits per heavy atom. The van der Waals surface area contributed by atoms with E-state index in [4.69, 9.17) is 18.3 Å². The molecule has 0 aliphatic heterocycles. The van der Waals surface area contributed by atoms with E-state index in [1.165, 1.54) is 6.08 Å². The Morgan fingerprint density at radius 1 is 1.07 bits per heavy atom. The van der Waals surface area contributed by atoms with E-state index in [0.29, 0.717) is 39.9 Å². The summed E-state index contributed by atoms with van der Waals surface area (Å²) >= 11 is 0. The SMILES string of the molecule is COc1ccc(-c2nc3cc(NC(=O)C=Cc4ccco4)ccc3o2)cc1OC. The second-order valence-electron chi connectivity index (χ2n) is 6.11. The maximum atomic E-state index is 12.1. The summed E-state index contributed by atoms with van der Waals surface area (Å²) in [5, 5.41) is 2.79. The third-order valence-electron chi connectivity index (χ3n) is 4.23. The lowest BCUT2D eigenvalue weighted by atomic mass is 10.2. The number of hydrogen-bond donors (Lipinski definition) is 1. The van der Waals surface area contributed by atoms with Gasteiger partial charge in [-0.05, 0) is 54.6 Å². The monoisotopic (exact) mass is 390 g/mol. The number of amides is 1. The molecule has 0 aliphatic rings. The summed E-state index contributed by atoms with van der Waals surface area (Å²) in [6.07, 6.45) is 4.55. The van der Waals surface area contributed by atoms with Crippen molar-refractivity contribution in [3.05, 3.63) is 66.6 Å². The minimum atomic E-state index is -0.274. The van der Waals surface area contributed by atoms with Crippen LogP contribution in [0.1, 0.15) is 5.76 Å². The topological polar surface area (TPSA) is 86.7 Å². The van der Waals surface area contributed by atoms with Crippen LogP contribution in [-0.2, 0) is 4.79 Å². The number of benzene rings is 2. The molecule has 2 aromatic carbocycles. The van der Waals surface area contributed by atoms with Crippen LogP contribution < -0.4 is 14.8 Å². The highest BCUT2D eigenvalue weighted by molar-refractivity contribution is 6.02. The van der Waals surface area contributed by atoms with Crippen LogP contribution in [0.2, 0.25) is 0 Å². The number of carbonyl (C=O) groups is 1. The van der Waals surface area contributed by atoms with E-state index >= 15 is 0 Å². The zero-order valence-corrected chi connectivity index (χ0v) is 15.8. The fraction of sp³-hybridized carbons (Fsp3) is 0.0909. The number of methoxy groups -OCH3 is 2. The van der Waals surface area contributed by atoms with Crippen LogP contribution in [0, 0.1) is 0 Å². The van der Waals surface area contributed by atoms with Crippen LogP contribution in [-0.4, -0.2) is 25.1 Å². The predicted molar refractivity (Wildman–Crippen MR) is 109 cm³/mol. The number of oxazole rings is 1. The zero-order chi connectivity index (χ0) is 20.2. The van der Waals surface area contributed by atoms with Gasteiger partial charge in [0.25, 0.3) is 0 Å². The zero-order valence-electron chi connectivity index (χ0n) is 15.8. The minimum Gasteiger partial charge on any atom is -0.493 e. The molecule has 0 unspecified atom stereocenters. The maximum Gasteiger partial charge on any atom is 0.248 e. The van der Waals surface area contributed by atoms with Crippen LogP contribution in [0.15, 0.2) is 69.7 Å². The average molecular weight is 390 g/mol. The molecule has 4 aromatic rings. The molecule has 0 aliphatic carbocycles. The van der Waals surface area contributed by atoms with Crippen molar-refractivity contribution in [3.8, 4) is 23.0 Å². The van der Waals surface area contributed by atoms with Gasteiger partial charge in [0, 0.05) is 17.3 Å². The van der Waals surface area contributed by atoms with E-state index in [-0.39, 0.29) is 5.91 Å². The second kappa shape index (κ2) is 7.93. The molecule has 0 saturated carbocycles. The lowest BCUT2D eigenvalue weighted by Crippen LogP contribution is -2.07. The molecule has 0 bridgehead atoms. The van der Waals surface area contributed by atoms with Gasteiger partial charge in [-0.15, -0.1) is 0 Å². The number of ether oxygens (including phenoxy) is 2. The van der Waals surface area contributed by atoms with Gasteiger partial charge >= 0.3 is 0 Å². The lowest BCUT2D eigenvalue weighted by Gasteiger charge is -2.07. The minimum absolute atomic E-state index is 0.274. The van der Waals surface area contributed by atoms with Gasteiger partial charge in [0.05, 0.1) is 20.5 Å². The molecule has 0 fully saturated rings. The van der Waals surface area contributed by atoms with Gasteiger partial charge in [-0.2, -0.15) is 0 Å². The Bertz CT molecular complexity index is 1180. The normalized spacial score (nSPS) is 11.1. The van der Waals surface area contributed by atoms with Crippen molar-refractivity contribution in [2.45, 2.75) is 0 Å². The summed E-state index contributed by atoms with van der Waals surface area (Å²) in [4.78, 5) is 16.6. The van der Waals surface area contributed by atoms with Crippen LogP contribution in [0.4, 0.5) is 5.69 Å². The van der Waals surface area contributed by atoms with Gasteiger partial charge in [0.15, 0.2) is 17.1 Å². The molecule has 29 heavy (non-hydrogen) atoms. The largest absolute Gasteiger partial charge is 0.493 e. The van der Waals surface area contributed by atoms with E-state index in [1.807, 2.05) is 6.07 Å². The first-order chi connectivity index (χ1) is 14.2. The molecule has 4 rings (SSSR count). The summed E-state index contributed by atoms with van der Waals surface area (Å²) in [5.41, 5.74) is 2.60. The fourth-order valence-electron chi connectivity index (χ4n) is 2.83. The molecule has 7 nitrogen and oxygen atoms in total. The predicted octanol–water partition coefficient (Wildman–Crippen LogP) is 4.76. The van der Waals surface area contributed by atoms with Crippen molar-refractivity contribution in [1.29, 1.82) is 0 Å². The fourth-order valence-corrected chi connectivity index (χ4v) is 2.83. The highest BCUT2D eigenvalue weighted by Gasteiger charge is 2.12. The third-order valence-corrected chi connectivity index (χ3v) is 4.23. The number of carbonyl (C=O) groups excluding carboxylic acids is 1. The average Bonchev–Trinajstić information content (AvgIpc) is 3.41. The van der Waals surface area contributed by atoms with Crippen LogP contribution >= 0.6 is 0 Å². The van der Waals surface area contributed by atoms with E-state index in [9.17, 15) is 4.79 Å². The quantitative estimate of drug-likeness (QED) is 0.478. The van der Waals surface area contributed by atoms with Gasteiger partial charge in [0.2, 0.25) is 11.8 Å². The van der Waals surface area contributed by atoms with Gasteiger partial charge in [-0.1, -0.05) is 0 Å². The smallest absolute Gasteiger partial charge is 0.248 e. The Morgan fingerprint density at radius 2 is 1.93 bits per heavy atom. The molecular formula is C22H18N2O5. The number of nitrogens with zero attached hydrogens (tertiary/aromatic N) is 1. The Kier molecular flexibility index (Phi) is 5.03. The van der Waals surface area contributed by atoms with Crippen molar-refractivity contribution in [2.24, 2.45) is 0 Å². The van der Waals surface area contributed by atoms with Gasteiger partial charge in [0.1, 0.15) is 11.3 Å². The maximum absolute atomic E-state index is 12.1. The summed E-state index contributed by atoms with van der Waals surface area (Å²) in [6.45, 7) is 0. The van der Waals surface area contributed by atoms with Gasteiger partial charge < -0.3 is 23.6 Å². The number of anilines is 1. The number of rotatable bonds is 6. The van der Waals surface area contributed by atoms with E-state index in [0.717, 1.165) is 5.56 Å². The van der Waals surface area contributed by atoms with Gasteiger partial charge in [-0.25, -0.2) is 4.98 Å². The first-order valence-electron chi connectivity index (χ1n) is 8.82. The highest BCUT2D eigenvalue weighted by Crippen LogP contribution is 2.33. The molecule has 146 valence electrons. The first kappa shape index (κ1) is 18.4. The molecule has 1 N–H and O–H groups in total. The molecule has 0 atom stereocenters. The number of furan rings is 1. The Labute approximate surface area is 166 Å². The summed E-state index contributed by atoms with van der Waals surface area (Å²) < 4.78 is 21.6. The van der Waals surface area contributed by atoms with Crippen molar-refractivity contribution in [3.63, 3.8) is 0 Å². The summed E-state index contributed by atoms with van der Waals surface area (Å²) in [5.74, 6) is 1.99. The van der Waals surface area contributed by atoms with Gasteiger partial charge in [-0.3, -0.25) is 4.79 Å². The van der Waals surface area contributed by atoms with E-state index in [2.05, 4.69) is 10.3 Å². The van der Waals surface area contributed by atoms with Crippen LogP contribution in [0.5, 0.6) is 11.5 Å². The van der Waals surface area contributed by atoms with Crippen molar-refractivity contribution < 1.29 is 23.1 Å². The van der Waals surface area contributed by atoms with E-state index < -0.39 is 0 Å². The molecule has 2 heterocycles. The Hall–Kier alpha value is -4.00. The number of aromatic nitrogens is 1. The molecule has 0 saturated heterocycles. The van der Waals surface area contributed by atoms with Crippen molar-refractivity contribution in [2.75, 3.05) is 19.5 Å². The van der Waals surface area contributed by atoms with E-state index in [1.54, 1.807) is 69.0 Å². The summed E-state index contributed by atoms with van der Waals surface area (Å²) in [7, 11) is 3.15. The first-order valence-corrected chi connectivity index (χ1v) is 8.82.